The van der Waals surface area contributed by atoms with Crippen molar-refractivity contribution in [3.05, 3.63) is 42.0 Å². The van der Waals surface area contributed by atoms with Gasteiger partial charge in [0.2, 0.25) is 0 Å². The molecule has 1 saturated carbocycles. The van der Waals surface area contributed by atoms with E-state index in [2.05, 4.69) is 30.8 Å². The van der Waals surface area contributed by atoms with Gasteiger partial charge in [-0.25, -0.2) is 0 Å². The molecule has 0 radical (unpaired) electrons. The fourth-order valence-electron chi connectivity index (χ4n) is 1.46. The van der Waals surface area contributed by atoms with Gasteiger partial charge < -0.3 is 5.11 Å². The molecule has 0 aromatic heterocycles. The van der Waals surface area contributed by atoms with Crippen molar-refractivity contribution in [3.63, 3.8) is 0 Å². The predicted octanol–water partition coefficient (Wildman–Crippen LogP) is 3.30. The molecule has 0 saturated heterocycles. The van der Waals surface area contributed by atoms with Gasteiger partial charge in [-0.2, -0.15) is 0 Å². The Morgan fingerprint density at radius 3 is 2.20 bits per heavy atom. The number of rotatable bonds is 2. The minimum atomic E-state index is -0.250. The van der Waals surface area contributed by atoms with Gasteiger partial charge in [-0.3, -0.25) is 4.79 Å². The normalized spacial score (nSPS) is 13.7. The van der Waals surface area contributed by atoms with Crippen molar-refractivity contribution in [1.29, 1.82) is 0 Å². The van der Waals surface area contributed by atoms with Crippen molar-refractivity contribution >= 4 is 12.0 Å². The molecule has 1 fully saturated rings. The minimum absolute atomic E-state index is 0.250. The van der Waals surface area contributed by atoms with Crippen LogP contribution in [-0.2, 0) is 4.79 Å². The van der Waals surface area contributed by atoms with E-state index in [-0.39, 0.29) is 6.47 Å². The van der Waals surface area contributed by atoms with Gasteiger partial charge in [0.15, 0.2) is 0 Å². The zero-order valence-corrected chi connectivity index (χ0v) is 8.94. The van der Waals surface area contributed by atoms with Crippen LogP contribution < -0.4 is 0 Å². The molecular weight excluding hydrogens is 188 g/mol. The van der Waals surface area contributed by atoms with Crippen LogP contribution >= 0.6 is 0 Å². The van der Waals surface area contributed by atoms with E-state index in [0.717, 1.165) is 11.5 Å². The van der Waals surface area contributed by atoms with Crippen molar-refractivity contribution in [1.82, 2.24) is 0 Å². The van der Waals surface area contributed by atoms with E-state index in [1.807, 2.05) is 6.92 Å². The first kappa shape index (κ1) is 11.5. The number of hydrogen-bond acceptors (Lipinski definition) is 1. The fourth-order valence-corrected chi connectivity index (χ4v) is 1.46. The van der Waals surface area contributed by atoms with Gasteiger partial charge in [0.25, 0.3) is 6.47 Å². The Hall–Kier alpha value is -1.57. The van der Waals surface area contributed by atoms with Crippen LogP contribution in [0.15, 0.2) is 30.8 Å². The third-order valence-corrected chi connectivity index (χ3v) is 2.45. The molecule has 0 amide bonds. The number of benzene rings is 1. The molecule has 1 N–H and O–H groups in total. The summed E-state index contributed by atoms with van der Waals surface area (Å²) in [5, 5.41) is 6.89. The van der Waals surface area contributed by atoms with E-state index in [9.17, 15) is 0 Å². The number of hydrogen-bond donors (Lipinski definition) is 1. The summed E-state index contributed by atoms with van der Waals surface area (Å²) in [6.07, 6.45) is 2.76. The van der Waals surface area contributed by atoms with Crippen molar-refractivity contribution in [2.24, 2.45) is 0 Å². The molecule has 15 heavy (non-hydrogen) atoms. The summed E-state index contributed by atoms with van der Waals surface area (Å²) < 4.78 is 0. The summed E-state index contributed by atoms with van der Waals surface area (Å²) >= 11 is 0. The SMILES string of the molecule is C=C(C)c1ccc(C2CC2)cc1.O=CO. The van der Waals surface area contributed by atoms with Gasteiger partial charge in [0, 0.05) is 0 Å². The highest BCUT2D eigenvalue weighted by atomic mass is 16.3. The number of allylic oxidation sites excluding steroid dienone is 1. The molecule has 0 spiro atoms. The van der Waals surface area contributed by atoms with Crippen LogP contribution in [0.2, 0.25) is 0 Å². The maximum atomic E-state index is 8.36. The zero-order chi connectivity index (χ0) is 11.3. The Morgan fingerprint density at radius 1 is 1.40 bits per heavy atom. The molecule has 1 aliphatic carbocycles. The van der Waals surface area contributed by atoms with Crippen LogP contribution in [0, 0.1) is 0 Å². The highest BCUT2D eigenvalue weighted by Gasteiger charge is 2.22. The lowest BCUT2D eigenvalue weighted by atomic mass is 10.0. The topological polar surface area (TPSA) is 37.3 Å². The third kappa shape index (κ3) is 3.58. The Labute approximate surface area is 90.3 Å². The first-order valence-electron chi connectivity index (χ1n) is 5.02. The van der Waals surface area contributed by atoms with E-state index in [0.29, 0.717) is 0 Å². The summed E-state index contributed by atoms with van der Waals surface area (Å²) in [5.41, 5.74) is 3.91. The van der Waals surface area contributed by atoms with Gasteiger partial charge >= 0.3 is 0 Å². The maximum Gasteiger partial charge on any atom is 0.290 e. The summed E-state index contributed by atoms with van der Waals surface area (Å²) in [6, 6.07) is 8.83. The largest absolute Gasteiger partial charge is 0.483 e. The molecule has 1 aromatic rings. The lowest BCUT2D eigenvalue weighted by Crippen LogP contribution is -1.81. The van der Waals surface area contributed by atoms with Gasteiger partial charge in [-0.15, -0.1) is 0 Å². The maximum absolute atomic E-state index is 8.36. The zero-order valence-electron chi connectivity index (χ0n) is 8.94. The smallest absolute Gasteiger partial charge is 0.290 e. The highest BCUT2D eigenvalue weighted by molar-refractivity contribution is 5.61. The van der Waals surface area contributed by atoms with E-state index in [4.69, 9.17) is 9.90 Å². The third-order valence-electron chi connectivity index (χ3n) is 2.45. The number of carbonyl (C=O) groups is 1. The average molecular weight is 204 g/mol. The summed E-state index contributed by atoms with van der Waals surface area (Å²) in [6.45, 7) is 5.71. The van der Waals surface area contributed by atoms with E-state index in [1.54, 1.807) is 0 Å². The molecule has 2 nitrogen and oxygen atoms in total. The van der Waals surface area contributed by atoms with Crippen molar-refractivity contribution in [2.45, 2.75) is 25.7 Å². The van der Waals surface area contributed by atoms with Crippen molar-refractivity contribution in [3.8, 4) is 0 Å². The first-order chi connectivity index (χ1) is 7.19. The van der Waals surface area contributed by atoms with Crippen LogP contribution in [0.4, 0.5) is 0 Å². The monoisotopic (exact) mass is 204 g/mol. The molecule has 1 aliphatic rings. The second kappa shape index (κ2) is 5.35. The van der Waals surface area contributed by atoms with E-state index >= 15 is 0 Å². The second-order valence-electron chi connectivity index (χ2n) is 3.78. The summed E-state index contributed by atoms with van der Waals surface area (Å²) in [4.78, 5) is 8.36. The van der Waals surface area contributed by atoms with Crippen molar-refractivity contribution < 1.29 is 9.90 Å². The average Bonchev–Trinajstić information content (AvgIpc) is 3.02. The van der Waals surface area contributed by atoms with Crippen molar-refractivity contribution in [2.75, 3.05) is 0 Å². The molecule has 0 bridgehead atoms. The molecule has 1 aromatic carbocycles. The van der Waals surface area contributed by atoms with Crippen LogP contribution in [0.5, 0.6) is 0 Å². The number of carboxylic acid groups (broad SMARTS) is 1. The van der Waals surface area contributed by atoms with Crippen LogP contribution in [-0.4, -0.2) is 11.6 Å². The van der Waals surface area contributed by atoms with Crippen LogP contribution in [0.25, 0.3) is 5.57 Å². The van der Waals surface area contributed by atoms with Gasteiger partial charge in [0.05, 0.1) is 0 Å². The summed E-state index contributed by atoms with van der Waals surface area (Å²) in [5.74, 6) is 0.865. The Balaban J connectivity index is 0.000000337. The molecule has 2 rings (SSSR count). The van der Waals surface area contributed by atoms with Crippen LogP contribution in [0.1, 0.15) is 36.8 Å². The molecule has 0 heterocycles. The van der Waals surface area contributed by atoms with Crippen LogP contribution in [0.3, 0.4) is 0 Å². The van der Waals surface area contributed by atoms with Gasteiger partial charge in [0.1, 0.15) is 0 Å². The minimum Gasteiger partial charge on any atom is -0.483 e. The summed E-state index contributed by atoms with van der Waals surface area (Å²) in [7, 11) is 0. The molecule has 0 atom stereocenters. The van der Waals surface area contributed by atoms with E-state index in [1.165, 1.54) is 24.0 Å². The fraction of sp³-hybridized carbons (Fsp3) is 0.308. The molecule has 2 heteroatoms. The molecule has 0 unspecified atom stereocenters. The predicted molar refractivity (Wildman–Crippen MR) is 61.8 cm³/mol. The molecule has 0 aliphatic heterocycles. The standard InChI is InChI=1S/C12H14.CH2O2/c1-9(2)10-3-5-11(6-4-10)12-7-8-12;2-1-3/h3-6,12H,1,7-8H2,2H3;1H,(H,2,3). The Kier molecular flexibility index (Phi) is 4.10. The quantitative estimate of drug-likeness (QED) is 0.750. The van der Waals surface area contributed by atoms with E-state index < -0.39 is 0 Å². The Morgan fingerprint density at radius 2 is 1.87 bits per heavy atom. The molecular formula is C13H16O2. The molecule has 80 valence electrons. The second-order valence-corrected chi connectivity index (χ2v) is 3.78. The van der Waals surface area contributed by atoms with Gasteiger partial charge in [-0.05, 0) is 36.8 Å². The lowest BCUT2D eigenvalue weighted by molar-refractivity contribution is -0.122. The first-order valence-corrected chi connectivity index (χ1v) is 5.02. The van der Waals surface area contributed by atoms with Gasteiger partial charge in [-0.1, -0.05) is 36.4 Å². The Bertz CT molecular complexity index is 334. The highest BCUT2D eigenvalue weighted by Crippen LogP contribution is 2.40. The lowest BCUT2D eigenvalue weighted by Gasteiger charge is -2.01.